The second-order valence-corrected chi connectivity index (χ2v) is 10.1. The van der Waals surface area contributed by atoms with Gasteiger partial charge in [0.1, 0.15) is 4.91 Å². The van der Waals surface area contributed by atoms with Crippen LogP contribution in [0.2, 0.25) is 0 Å². The molecular formula is C27H23N3O2S2. The molecule has 0 unspecified atom stereocenters. The summed E-state index contributed by atoms with van der Waals surface area (Å²) in [6, 6.07) is 25.5. The zero-order chi connectivity index (χ0) is 23.7. The molecule has 0 N–H and O–H groups in total. The maximum Gasteiger partial charge on any atom is 0.269 e. The highest BCUT2D eigenvalue weighted by Gasteiger charge is 2.38. The standard InChI is InChI=1S/C27H23N3O2S2/c1-18(31)20-12-14-21(15-13-20)28-27-30(17-16-19-8-4-3-5-9-19)25(32)24(34-27)26-29(2)22-10-6-7-11-23(22)33-26/h3-15H,16-17H2,1-2H3. The SMILES string of the molecule is CC(=O)c1ccc(N=C2SC(=C3Sc4ccccc4N3C)C(=O)N2CCc2ccccc2)cc1. The van der Waals surface area contributed by atoms with Gasteiger partial charge in [-0.2, -0.15) is 0 Å². The molecule has 2 aliphatic rings. The van der Waals surface area contributed by atoms with Gasteiger partial charge in [-0.15, -0.1) is 0 Å². The molecule has 1 fully saturated rings. The summed E-state index contributed by atoms with van der Waals surface area (Å²) in [7, 11) is 2.00. The van der Waals surface area contributed by atoms with Crippen molar-refractivity contribution in [3.05, 3.63) is 99.9 Å². The van der Waals surface area contributed by atoms with Crippen LogP contribution in [0.25, 0.3) is 0 Å². The number of carbonyl (C=O) groups excluding carboxylic acids is 2. The van der Waals surface area contributed by atoms with Crippen LogP contribution < -0.4 is 4.90 Å². The summed E-state index contributed by atoms with van der Waals surface area (Å²) in [4.78, 5) is 35.8. The maximum absolute atomic E-state index is 13.6. The summed E-state index contributed by atoms with van der Waals surface area (Å²) in [5, 5.41) is 1.59. The minimum Gasteiger partial charge on any atom is -0.337 e. The molecule has 7 heteroatoms. The first-order valence-electron chi connectivity index (χ1n) is 11.0. The van der Waals surface area contributed by atoms with Crippen LogP contribution in [0.1, 0.15) is 22.8 Å². The van der Waals surface area contributed by atoms with Crippen LogP contribution in [0.3, 0.4) is 0 Å². The van der Waals surface area contributed by atoms with Crippen LogP contribution in [0.15, 0.2) is 98.7 Å². The monoisotopic (exact) mass is 485 g/mol. The number of hydrogen-bond acceptors (Lipinski definition) is 6. The largest absolute Gasteiger partial charge is 0.337 e. The molecule has 34 heavy (non-hydrogen) atoms. The number of rotatable bonds is 5. The molecule has 1 saturated heterocycles. The summed E-state index contributed by atoms with van der Waals surface area (Å²) in [5.74, 6) is -0.0100. The Labute approximate surface area is 207 Å². The van der Waals surface area contributed by atoms with Gasteiger partial charge in [-0.05, 0) is 67.1 Å². The fourth-order valence-electron chi connectivity index (χ4n) is 3.88. The van der Waals surface area contributed by atoms with E-state index in [1.54, 1.807) is 35.7 Å². The van der Waals surface area contributed by atoms with Crippen LogP contribution in [0.5, 0.6) is 0 Å². The van der Waals surface area contributed by atoms with Crippen molar-refractivity contribution in [1.29, 1.82) is 0 Å². The van der Waals surface area contributed by atoms with Gasteiger partial charge in [-0.1, -0.05) is 54.2 Å². The van der Waals surface area contributed by atoms with Crippen molar-refractivity contribution in [2.24, 2.45) is 4.99 Å². The molecule has 0 aliphatic carbocycles. The number of thioether (sulfide) groups is 2. The number of amidine groups is 1. The average molecular weight is 486 g/mol. The Morgan fingerprint density at radius 2 is 1.62 bits per heavy atom. The van der Waals surface area contributed by atoms with Crippen molar-refractivity contribution in [2.45, 2.75) is 18.2 Å². The minimum absolute atomic E-state index is 0.0157. The number of nitrogens with zero attached hydrogens (tertiary/aromatic N) is 3. The van der Waals surface area contributed by atoms with E-state index < -0.39 is 0 Å². The minimum atomic E-state index is -0.0257. The van der Waals surface area contributed by atoms with Crippen LogP contribution in [-0.2, 0) is 11.2 Å². The third-order valence-electron chi connectivity index (χ3n) is 5.76. The molecule has 0 spiro atoms. The summed E-state index contributed by atoms with van der Waals surface area (Å²) in [6.45, 7) is 2.09. The van der Waals surface area contributed by atoms with Gasteiger partial charge in [0.05, 0.1) is 16.4 Å². The van der Waals surface area contributed by atoms with E-state index in [2.05, 4.69) is 29.2 Å². The molecule has 0 atom stereocenters. The smallest absolute Gasteiger partial charge is 0.269 e. The van der Waals surface area contributed by atoms with Crippen LogP contribution in [0.4, 0.5) is 11.4 Å². The van der Waals surface area contributed by atoms with Gasteiger partial charge in [0.25, 0.3) is 5.91 Å². The van der Waals surface area contributed by atoms with Crippen LogP contribution in [0, 0.1) is 0 Å². The van der Waals surface area contributed by atoms with Crippen LogP contribution in [-0.4, -0.2) is 35.4 Å². The van der Waals surface area contributed by atoms with Gasteiger partial charge in [0, 0.05) is 24.1 Å². The van der Waals surface area contributed by atoms with Crippen molar-refractivity contribution in [3.8, 4) is 0 Å². The van der Waals surface area contributed by atoms with Gasteiger partial charge < -0.3 is 4.90 Å². The summed E-state index contributed by atoms with van der Waals surface area (Å²) >= 11 is 3.04. The zero-order valence-corrected chi connectivity index (χ0v) is 20.5. The number of para-hydroxylation sites is 1. The van der Waals surface area contributed by atoms with E-state index in [0.29, 0.717) is 27.9 Å². The predicted octanol–water partition coefficient (Wildman–Crippen LogP) is 6.11. The highest BCUT2D eigenvalue weighted by molar-refractivity contribution is 8.19. The number of Topliss-reactive ketones (excluding diaryl/α,β-unsaturated/α-hetero) is 1. The van der Waals surface area contributed by atoms with E-state index in [0.717, 1.165) is 22.0 Å². The lowest BCUT2D eigenvalue weighted by atomic mass is 10.1. The first-order chi connectivity index (χ1) is 16.5. The summed E-state index contributed by atoms with van der Waals surface area (Å²) in [6.07, 6.45) is 0.737. The molecule has 170 valence electrons. The van der Waals surface area contributed by atoms with Crippen molar-refractivity contribution in [1.82, 2.24) is 4.90 Å². The molecule has 2 aliphatic heterocycles. The van der Waals surface area contributed by atoms with Crippen molar-refractivity contribution >= 4 is 51.8 Å². The van der Waals surface area contributed by atoms with Crippen molar-refractivity contribution in [3.63, 3.8) is 0 Å². The van der Waals surface area contributed by atoms with Crippen LogP contribution >= 0.6 is 23.5 Å². The normalized spacial score (nSPS) is 18.6. The van der Waals surface area contributed by atoms with Gasteiger partial charge in [-0.25, -0.2) is 4.99 Å². The number of fused-ring (bicyclic) bond motifs is 1. The third kappa shape index (κ3) is 4.41. The molecule has 5 rings (SSSR count). The number of carbonyl (C=O) groups is 2. The molecule has 3 aromatic rings. The van der Waals surface area contributed by atoms with Crippen molar-refractivity contribution < 1.29 is 9.59 Å². The number of hydrogen-bond donors (Lipinski definition) is 0. The Morgan fingerprint density at radius 1 is 0.912 bits per heavy atom. The Morgan fingerprint density at radius 3 is 2.32 bits per heavy atom. The second-order valence-electron chi connectivity index (χ2n) is 8.05. The third-order valence-corrected chi connectivity index (χ3v) is 8.19. The molecule has 3 aromatic carbocycles. The Bertz CT molecular complexity index is 1320. The molecule has 0 bridgehead atoms. The lowest BCUT2D eigenvalue weighted by Crippen LogP contribution is -2.31. The highest BCUT2D eigenvalue weighted by atomic mass is 32.2. The van der Waals surface area contributed by atoms with Crippen molar-refractivity contribution in [2.75, 3.05) is 18.5 Å². The van der Waals surface area contributed by atoms with Gasteiger partial charge in [0.15, 0.2) is 11.0 Å². The van der Waals surface area contributed by atoms with Gasteiger partial charge in [0.2, 0.25) is 0 Å². The lowest BCUT2D eigenvalue weighted by Gasteiger charge is -2.16. The van der Waals surface area contributed by atoms with E-state index in [1.165, 1.54) is 17.3 Å². The first kappa shape index (κ1) is 22.5. The molecular weight excluding hydrogens is 462 g/mol. The molecule has 5 nitrogen and oxygen atoms in total. The maximum atomic E-state index is 13.6. The number of anilines is 1. The molecule has 0 radical (unpaired) electrons. The lowest BCUT2D eigenvalue weighted by molar-refractivity contribution is -0.122. The van der Waals surface area contributed by atoms with Gasteiger partial charge >= 0.3 is 0 Å². The van der Waals surface area contributed by atoms with E-state index in [9.17, 15) is 9.59 Å². The Kier molecular flexibility index (Phi) is 6.30. The quantitative estimate of drug-likeness (QED) is 0.323. The Balaban J connectivity index is 1.49. The molecule has 1 amide bonds. The number of aliphatic imine (C=N–C) groups is 1. The molecule has 0 aromatic heterocycles. The average Bonchev–Trinajstić information content (AvgIpc) is 3.35. The van der Waals surface area contributed by atoms with E-state index >= 15 is 0 Å². The predicted molar refractivity (Wildman–Crippen MR) is 141 cm³/mol. The number of ketones is 1. The van der Waals surface area contributed by atoms with E-state index in [1.807, 2.05) is 49.5 Å². The van der Waals surface area contributed by atoms with Gasteiger partial charge in [-0.3, -0.25) is 14.5 Å². The second kappa shape index (κ2) is 9.52. The Hall–Kier alpha value is -3.29. The highest BCUT2D eigenvalue weighted by Crippen LogP contribution is 2.50. The molecule has 2 heterocycles. The van der Waals surface area contributed by atoms with E-state index in [4.69, 9.17) is 4.99 Å². The topological polar surface area (TPSA) is 53.0 Å². The number of amides is 1. The molecule has 0 saturated carbocycles. The fourth-order valence-corrected chi connectivity index (χ4v) is 6.25. The van der Waals surface area contributed by atoms with E-state index in [-0.39, 0.29) is 11.7 Å². The number of benzene rings is 3. The first-order valence-corrected chi connectivity index (χ1v) is 12.6. The fraction of sp³-hybridized carbons (Fsp3) is 0.148. The summed E-state index contributed by atoms with van der Waals surface area (Å²) in [5.41, 5.74) is 3.63. The summed E-state index contributed by atoms with van der Waals surface area (Å²) < 4.78 is 0. The zero-order valence-electron chi connectivity index (χ0n) is 18.9.